The van der Waals surface area contributed by atoms with Crippen molar-refractivity contribution in [2.24, 2.45) is 0 Å². The summed E-state index contributed by atoms with van der Waals surface area (Å²) in [5.74, 6) is 0.592. The van der Waals surface area contributed by atoms with Crippen LogP contribution in [0, 0.1) is 6.92 Å². The van der Waals surface area contributed by atoms with Crippen molar-refractivity contribution < 1.29 is 14.3 Å². The number of carbonyl (C=O) groups excluding carboxylic acids is 2. The third-order valence-corrected chi connectivity index (χ3v) is 6.60. The van der Waals surface area contributed by atoms with Crippen LogP contribution >= 0.6 is 0 Å². The summed E-state index contributed by atoms with van der Waals surface area (Å²) in [5, 5.41) is 3.11. The van der Waals surface area contributed by atoms with Crippen LogP contribution in [0.4, 0.5) is 0 Å². The van der Waals surface area contributed by atoms with Gasteiger partial charge < -0.3 is 15.0 Å². The van der Waals surface area contributed by atoms with Crippen molar-refractivity contribution in [2.45, 2.75) is 72.0 Å². The topological polar surface area (TPSA) is 58.6 Å². The molecule has 0 bridgehead atoms. The van der Waals surface area contributed by atoms with Gasteiger partial charge in [-0.1, -0.05) is 99.1 Å². The quantitative estimate of drug-likeness (QED) is 0.329. The number of carbonyl (C=O) groups is 2. The lowest BCUT2D eigenvalue weighted by Gasteiger charge is -2.32. The first-order valence-corrected chi connectivity index (χ1v) is 13.2. The molecule has 0 fully saturated rings. The predicted molar refractivity (Wildman–Crippen MR) is 150 cm³/mol. The van der Waals surface area contributed by atoms with Gasteiger partial charge in [-0.3, -0.25) is 9.59 Å². The zero-order chi connectivity index (χ0) is 26.8. The number of hydrogen-bond donors (Lipinski definition) is 1. The van der Waals surface area contributed by atoms with Crippen molar-refractivity contribution in [1.29, 1.82) is 0 Å². The van der Waals surface area contributed by atoms with E-state index < -0.39 is 6.04 Å². The summed E-state index contributed by atoms with van der Waals surface area (Å²) >= 11 is 0. The van der Waals surface area contributed by atoms with Crippen LogP contribution in [-0.2, 0) is 22.6 Å². The number of amides is 2. The maximum absolute atomic E-state index is 13.8. The Morgan fingerprint density at radius 2 is 1.57 bits per heavy atom. The van der Waals surface area contributed by atoms with Crippen LogP contribution in [0.3, 0.4) is 0 Å². The molecule has 0 aliphatic heterocycles. The van der Waals surface area contributed by atoms with Gasteiger partial charge in [-0.2, -0.15) is 0 Å². The Kier molecular flexibility index (Phi) is 10.3. The summed E-state index contributed by atoms with van der Waals surface area (Å²) in [6.07, 6.45) is 1.23. The second-order valence-electron chi connectivity index (χ2n) is 10.0. The summed E-state index contributed by atoms with van der Waals surface area (Å²) in [6, 6.07) is 25.0. The van der Waals surface area contributed by atoms with Crippen LogP contribution in [0.2, 0.25) is 0 Å². The zero-order valence-electron chi connectivity index (χ0n) is 22.7. The van der Waals surface area contributed by atoms with Crippen LogP contribution in [0.5, 0.6) is 5.75 Å². The van der Waals surface area contributed by atoms with Gasteiger partial charge in [0, 0.05) is 19.0 Å². The van der Waals surface area contributed by atoms with E-state index in [1.165, 1.54) is 0 Å². The van der Waals surface area contributed by atoms with E-state index in [0.29, 0.717) is 18.7 Å². The van der Waals surface area contributed by atoms with Crippen LogP contribution in [-0.4, -0.2) is 35.4 Å². The summed E-state index contributed by atoms with van der Waals surface area (Å²) < 4.78 is 6.06. The first-order valence-electron chi connectivity index (χ1n) is 13.2. The highest BCUT2D eigenvalue weighted by Gasteiger charge is 2.31. The first kappa shape index (κ1) is 28.0. The molecule has 3 aromatic carbocycles. The van der Waals surface area contributed by atoms with Gasteiger partial charge in [0.15, 0.2) is 6.61 Å². The molecule has 3 rings (SSSR count). The Balaban J connectivity index is 1.94. The maximum atomic E-state index is 13.8. The molecule has 196 valence electrons. The lowest BCUT2D eigenvalue weighted by Crippen LogP contribution is -2.53. The van der Waals surface area contributed by atoms with Gasteiger partial charge in [-0.05, 0) is 48.9 Å². The first-order chi connectivity index (χ1) is 17.8. The van der Waals surface area contributed by atoms with Crippen molar-refractivity contribution in [3.63, 3.8) is 0 Å². The highest BCUT2D eigenvalue weighted by Crippen LogP contribution is 2.26. The molecule has 3 aromatic rings. The molecule has 5 heteroatoms. The van der Waals surface area contributed by atoms with Gasteiger partial charge in [0.05, 0.1) is 0 Å². The molecule has 1 N–H and O–H groups in total. The van der Waals surface area contributed by atoms with Gasteiger partial charge in [-0.25, -0.2) is 0 Å². The van der Waals surface area contributed by atoms with E-state index in [9.17, 15) is 9.59 Å². The van der Waals surface area contributed by atoms with Crippen LogP contribution < -0.4 is 10.1 Å². The van der Waals surface area contributed by atoms with Crippen LogP contribution in [0.1, 0.15) is 62.3 Å². The summed E-state index contributed by atoms with van der Waals surface area (Å²) in [6.45, 7) is 10.4. The fourth-order valence-corrected chi connectivity index (χ4v) is 4.31. The van der Waals surface area contributed by atoms with E-state index in [0.717, 1.165) is 28.7 Å². The predicted octanol–water partition coefficient (Wildman–Crippen LogP) is 6.05. The second kappa shape index (κ2) is 13.6. The van der Waals surface area contributed by atoms with Crippen molar-refractivity contribution in [2.75, 3.05) is 6.61 Å². The molecule has 0 heterocycles. The molecule has 0 aromatic heterocycles. The number of para-hydroxylation sites is 1. The average Bonchev–Trinajstić information content (AvgIpc) is 2.89. The third kappa shape index (κ3) is 8.21. The molecule has 0 aliphatic rings. The molecule has 0 aliphatic carbocycles. The SMILES string of the molecule is CC[C@H](C)NC(=O)[C@H](Cc1ccccc1)N(Cc1cccc(C)c1)C(=O)COc1ccccc1C(C)C. The smallest absolute Gasteiger partial charge is 0.261 e. The van der Waals surface area contributed by atoms with E-state index in [-0.39, 0.29) is 30.4 Å². The van der Waals surface area contributed by atoms with Gasteiger partial charge in [0.1, 0.15) is 11.8 Å². The molecule has 2 amide bonds. The third-order valence-electron chi connectivity index (χ3n) is 6.60. The molecule has 0 saturated heterocycles. The standard InChI is InChI=1S/C32H40N2O3/c1-6-25(5)33-32(36)29(20-26-14-8-7-9-15-26)34(21-27-16-12-13-24(4)19-27)31(35)22-37-30-18-11-10-17-28(30)23(2)3/h7-19,23,25,29H,6,20-22H2,1-5H3,(H,33,36)/t25-,29-/m0/s1. The Hall–Kier alpha value is -3.60. The normalized spacial score (nSPS) is 12.6. The van der Waals surface area contributed by atoms with Crippen LogP contribution in [0.25, 0.3) is 0 Å². The number of ether oxygens (including phenoxy) is 1. The minimum Gasteiger partial charge on any atom is -0.483 e. The van der Waals surface area contributed by atoms with Gasteiger partial charge in [0.2, 0.25) is 5.91 Å². The molecule has 0 saturated carbocycles. The van der Waals surface area contributed by atoms with Crippen LogP contribution in [0.15, 0.2) is 78.9 Å². The number of nitrogens with one attached hydrogen (secondary N) is 1. The molecule has 0 radical (unpaired) electrons. The molecule has 37 heavy (non-hydrogen) atoms. The summed E-state index contributed by atoms with van der Waals surface area (Å²) in [4.78, 5) is 29.1. The van der Waals surface area contributed by atoms with Crippen molar-refractivity contribution >= 4 is 11.8 Å². The molecule has 5 nitrogen and oxygen atoms in total. The van der Waals surface area contributed by atoms with E-state index in [4.69, 9.17) is 4.74 Å². The summed E-state index contributed by atoms with van der Waals surface area (Å²) in [5.41, 5.74) is 4.14. The van der Waals surface area contributed by atoms with E-state index in [2.05, 4.69) is 25.2 Å². The zero-order valence-corrected chi connectivity index (χ0v) is 22.7. The Morgan fingerprint density at radius 3 is 2.24 bits per heavy atom. The van der Waals surface area contributed by atoms with Gasteiger partial charge in [-0.15, -0.1) is 0 Å². The monoisotopic (exact) mass is 500 g/mol. The number of nitrogens with zero attached hydrogens (tertiary/aromatic N) is 1. The molecule has 0 spiro atoms. The minimum absolute atomic E-state index is 0.0101. The molecule has 2 atom stereocenters. The fourth-order valence-electron chi connectivity index (χ4n) is 4.31. The highest BCUT2D eigenvalue weighted by molar-refractivity contribution is 5.88. The van der Waals surface area contributed by atoms with Gasteiger partial charge >= 0.3 is 0 Å². The van der Waals surface area contributed by atoms with Gasteiger partial charge in [0.25, 0.3) is 5.91 Å². The number of aryl methyl sites for hydroxylation is 1. The Bertz CT molecular complexity index is 1160. The Morgan fingerprint density at radius 1 is 0.892 bits per heavy atom. The molecular formula is C32H40N2O3. The molecular weight excluding hydrogens is 460 g/mol. The summed E-state index contributed by atoms with van der Waals surface area (Å²) in [7, 11) is 0. The fraction of sp³-hybridized carbons (Fsp3) is 0.375. The average molecular weight is 501 g/mol. The number of benzene rings is 3. The number of rotatable bonds is 12. The Labute approximate surface area is 221 Å². The second-order valence-corrected chi connectivity index (χ2v) is 10.0. The largest absolute Gasteiger partial charge is 0.483 e. The van der Waals surface area contributed by atoms with Crippen molar-refractivity contribution in [3.8, 4) is 5.75 Å². The van der Waals surface area contributed by atoms with E-state index >= 15 is 0 Å². The number of hydrogen-bond acceptors (Lipinski definition) is 3. The van der Waals surface area contributed by atoms with Crippen molar-refractivity contribution in [1.82, 2.24) is 10.2 Å². The minimum atomic E-state index is -0.673. The lowest BCUT2D eigenvalue weighted by atomic mass is 10.0. The molecule has 0 unspecified atom stereocenters. The van der Waals surface area contributed by atoms with E-state index in [1.807, 2.05) is 93.6 Å². The maximum Gasteiger partial charge on any atom is 0.261 e. The van der Waals surface area contributed by atoms with E-state index in [1.54, 1.807) is 4.90 Å². The lowest BCUT2D eigenvalue weighted by molar-refractivity contribution is -0.143. The van der Waals surface area contributed by atoms with Crippen molar-refractivity contribution in [3.05, 3.63) is 101 Å². The highest BCUT2D eigenvalue weighted by atomic mass is 16.5.